The first-order chi connectivity index (χ1) is 8.24. The average molecular weight is 242 g/mol. The number of hydrogen-bond acceptors (Lipinski definition) is 6. The van der Waals surface area contributed by atoms with E-state index in [1.807, 2.05) is 12.1 Å². The van der Waals surface area contributed by atoms with Gasteiger partial charge in [0.1, 0.15) is 11.1 Å². The minimum absolute atomic E-state index is 0.109. The Labute approximate surface area is 101 Å². The Hall–Kier alpha value is -2.57. The Kier molecular flexibility index (Phi) is 2.91. The predicted octanol–water partition coefficient (Wildman–Crippen LogP) is 2.34. The molecule has 2 aromatic rings. The molecular formula is C11H6N4OS. The zero-order valence-corrected chi connectivity index (χ0v) is 9.32. The molecule has 0 aliphatic heterocycles. The Morgan fingerprint density at radius 1 is 1.29 bits per heavy atom. The number of rotatable bonds is 2. The van der Waals surface area contributed by atoms with Crippen LogP contribution in [0.1, 0.15) is 11.1 Å². The van der Waals surface area contributed by atoms with E-state index in [1.54, 1.807) is 24.3 Å². The van der Waals surface area contributed by atoms with Gasteiger partial charge in [0.15, 0.2) is 5.56 Å². The zero-order chi connectivity index (χ0) is 12.3. The number of aromatic nitrogens is 1. The monoisotopic (exact) mass is 242 g/mol. The van der Waals surface area contributed by atoms with Gasteiger partial charge in [-0.2, -0.15) is 14.9 Å². The third-order valence-corrected chi connectivity index (χ3v) is 2.79. The molecule has 0 saturated heterocycles. The number of anilines is 2. The maximum absolute atomic E-state index is 9.29. The highest BCUT2D eigenvalue weighted by Gasteiger charge is 2.12. The normalized spacial score (nSPS) is 9.29. The summed E-state index contributed by atoms with van der Waals surface area (Å²) in [5, 5.41) is 30.3. The van der Waals surface area contributed by atoms with Crippen molar-refractivity contribution in [3.05, 3.63) is 35.4 Å². The number of hydrogen-bond donors (Lipinski definition) is 2. The Morgan fingerprint density at radius 2 is 2.12 bits per heavy atom. The molecule has 1 heterocycles. The van der Waals surface area contributed by atoms with Gasteiger partial charge in [0.05, 0.1) is 11.6 Å². The standard InChI is InChI=1S/C11H6N4OS/c12-5-7-2-1-3-8(4-7)14-11-9(6-13)10(16)15-17-11/h1-4,14H,(H,15,16). The summed E-state index contributed by atoms with van der Waals surface area (Å²) in [5.41, 5.74) is 1.30. The van der Waals surface area contributed by atoms with Crippen LogP contribution in [0.5, 0.6) is 5.88 Å². The first-order valence-electron chi connectivity index (χ1n) is 4.60. The molecule has 0 saturated carbocycles. The van der Waals surface area contributed by atoms with E-state index >= 15 is 0 Å². The van der Waals surface area contributed by atoms with E-state index in [0.29, 0.717) is 16.3 Å². The van der Waals surface area contributed by atoms with Crippen LogP contribution < -0.4 is 5.32 Å². The fourth-order valence-corrected chi connectivity index (χ4v) is 1.93. The highest BCUT2D eigenvalue weighted by atomic mass is 32.1. The van der Waals surface area contributed by atoms with Crippen LogP contribution in [0.4, 0.5) is 10.7 Å². The van der Waals surface area contributed by atoms with E-state index in [1.165, 1.54) is 0 Å². The van der Waals surface area contributed by atoms with Crippen molar-refractivity contribution < 1.29 is 5.11 Å². The molecule has 0 radical (unpaired) electrons. The molecule has 0 aliphatic carbocycles. The van der Waals surface area contributed by atoms with Crippen molar-refractivity contribution in [1.29, 1.82) is 10.5 Å². The van der Waals surface area contributed by atoms with Crippen molar-refractivity contribution in [2.24, 2.45) is 0 Å². The summed E-state index contributed by atoms with van der Waals surface area (Å²) < 4.78 is 3.67. The second kappa shape index (κ2) is 4.52. The lowest BCUT2D eigenvalue weighted by atomic mass is 10.2. The second-order valence-electron chi connectivity index (χ2n) is 3.14. The van der Waals surface area contributed by atoms with Gasteiger partial charge in [-0.25, -0.2) is 0 Å². The van der Waals surface area contributed by atoms with E-state index in [0.717, 1.165) is 11.5 Å². The van der Waals surface area contributed by atoms with Gasteiger partial charge in [-0.15, -0.1) is 0 Å². The van der Waals surface area contributed by atoms with Crippen LogP contribution in [-0.4, -0.2) is 9.48 Å². The topological polar surface area (TPSA) is 92.7 Å². The molecule has 1 aromatic heterocycles. The van der Waals surface area contributed by atoms with Gasteiger partial charge < -0.3 is 10.4 Å². The molecule has 2 rings (SSSR count). The second-order valence-corrected chi connectivity index (χ2v) is 3.91. The smallest absolute Gasteiger partial charge is 0.243 e. The van der Waals surface area contributed by atoms with Gasteiger partial charge in [-0.1, -0.05) is 6.07 Å². The molecule has 6 heteroatoms. The van der Waals surface area contributed by atoms with E-state index in [9.17, 15) is 5.11 Å². The van der Waals surface area contributed by atoms with E-state index < -0.39 is 0 Å². The highest BCUT2D eigenvalue weighted by molar-refractivity contribution is 7.10. The van der Waals surface area contributed by atoms with Gasteiger partial charge >= 0.3 is 0 Å². The number of nitrogens with one attached hydrogen (secondary N) is 1. The highest BCUT2D eigenvalue weighted by Crippen LogP contribution is 2.31. The molecule has 0 amide bonds. The van der Waals surface area contributed by atoms with Crippen LogP contribution in [-0.2, 0) is 0 Å². The molecule has 0 unspecified atom stereocenters. The molecule has 0 atom stereocenters. The molecule has 5 nitrogen and oxygen atoms in total. The van der Waals surface area contributed by atoms with Crippen molar-refractivity contribution in [2.75, 3.05) is 5.32 Å². The van der Waals surface area contributed by atoms with Crippen molar-refractivity contribution in [1.82, 2.24) is 4.37 Å². The zero-order valence-electron chi connectivity index (χ0n) is 8.51. The largest absolute Gasteiger partial charge is 0.492 e. The van der Waals surface area contributed by atoms with Crippen LogP contribution in [0.3, 0.4) is 0 Å². The van der Waals surface area contributed by atoms with Crippen molar-refractivity contribution >= 4 is 22.2 Å². The Bertz CT molecular complexity index is 636. The maximum Gasteiger partial charge on any atom is 0.243 e. The lowest BCUT2D eigenvalue weighted by Crippen LogP contribution is -1.90. The van der Waals surface area contributed by atoms with Crippen LogP contribution >= 0.6 is 11.5 Å². The number of nitriles is 2. The minimum Gasteiger partial charge on any atom is -0.492 e. The predicted molar refractivity (Wildman–Crippen MR) is 62.9 cm³/mol. The third-order valence-electron chi connectivity index (χ3n) is 2.04. The number of aromatic hydroxyl groups is 1. The van der Waals surface area contributed by atoms with Crippen LogP contribution in [0.2, 0.25) is 0 Å². The maximum atomic E-state index is 9.29. The van der Waals surface area contributed by atoms with Crippen LogP contribution in [0.25, 0.3) is 0 Å². The summed E-state index contributed by atoms with van der Waals surface area (Å²) >= 11 is 0.993. The summed E-state index contributed by atoms with van der Waals surface area (Å²) in [7, 11) is 0. The number of benzene rings is 1. The van der Waals surface area contributed by atoms with Crippen molar-refractivity contribution in [3.63, 3.8) is 0 Å². The molecule has 0 aliphatic rings. The summed E-state index contributed by atoms with van der Waals surface area (Å²) in [6.07, 6.45) is 0. The Balaban J connectivity index is 2.32. The quantitative estimate of drug-likeness (QED) is 0.843. The molecule has 2 N–H and O–H groups in total. The lowest BCUT2D eigenvalue weighted by molar-refractivity contribution is 0.458. The molecule has 17 heavy (non-hydrogen) atoms. The first kappa shape index (κ1) is 10.9. The molecule has 0 spiro atoms. The SMILES string of the molecule is N#Cc1cccc(Nc2snc(O)c2C#N)c1. The van der Waals surface area contributed by atoms with Gasteiger partial charge in [0.2, 0.25) is 5.88 Å². The fourth-order valence-electron chi connectivity index (χ4n) is 1.27. The van der Waals surface area contributed by atoms with Crippen LogP contribution in [0.15, 0.2) is 24.3 Å². The summed E-state index contributed by atoms with van der Waals surface area (Å²) in [4.78, 5) is 0. The molecule has 0 bridgehead atoms. The van der Waals surface area contributed by atoms with Gasteiger partial charge in [-0.3, -0.25) is 0 Å². The Morgan fingerprint density at radius 3 is 2.82 bits per heavy atom. The first-order valence-corrected chi connectivity index (χ1v) is 5.38. The lowest BCUT2D eigenvalue weighted by Gasteiger charge is -2.03. The van der Waals surface area contributed by atoms with Crippen molar-refractivity contribution in [3.8, 4) is 18.0 Å². The van der Waals surface area contributed by atoms with Gasteiger partial charge in [0.25, 0.3) is 0 Å². The van der Waals surface area contributed by atoms with Gasteiger partial charge in [-0.05, 0) is 29.7 Å². The van der Waals surface area contributed by atoms with Crippen LogP contribution in [0, 0.1) is 22.7 Å². The van der Waals surface area contributed by atoms with E-state index in [2.05, 4.69) is 9.69 Å². The molecular weight excluding hydrogens is 236 g/mol. The minimum atomic E-state index is -0.281. The summed E-state index contributed by atoms with van der Waals surface area (Å²) in [6, 6.07) is 10.7. The van der Waals surface area contributed by atoms with Gasteiger partial charge in [0, 0.05) is 5.69 Å². The molecule has 0 fully saturated rings. The average Bonchev–Trinajstić information content (AvgIpc) is 2.70. The fraction of sp³-hybridized carbons (Fsp3) is 0. The van der Waals surface area contributed by atoms with E-state index in [-0.39, 0.29) is 11.4 Å². The van der Waals surface area contributed by atoms with Crippen molar-refractivity contribution in [2.45, 2.75) is 0 Å². The molecule has 1 aromatic carbocycles. The third kappa shape index (κ3) is 2.17. The molecule has 82 valence electrons. The number of nitrogens with zero attached hydrogens (tertiary/aromatic N) is 3. The summed E-state index contributed by atoms with van der Waals surface area (Å²) in [5.74, 6) is -0.281. The summed E-state index contributed by atoms with van der Waals surface area (Å²) in [6.45, 7) is 0. The van der Waals surface area contributed by atoms with E-state index in [4.69, 9.17) is 10.5 Å².